The van der Waals surface area contributed by atoms with Gasteiger partial charge in [0.2, 0.25) is 0 Å². The smallest absolute Gasteiger partial charge is 0.0726 e. The lowest BCUT2D eigenvalue weighted by Gasteiger charge is -2.11. The maximum absolute atomic E-state index is 5.54. The molecule has 0 saturated heterocycles. The zero-order chi connectivity index (χ0) is 12.3. The van der Waals surface area contributed by atoms with Crippen LogP contribution in [-0.4, -0.2) is 18.1 Å². The number of aromatic nitrogens is 1. The minimum Gasteiger partial charge on any atom is -0.383 e. The first-order chi connectivity index (χ1) is 8.24. The predicted octanol–water partition coefficient (Wildman–Crippen LogP) is 2.48. The van der Waals surface area contributed by atoms with Crippen LogP contribution in [0.25, 0.3) is 10.9 Å². The Balaban J connectivity index is 2.53. The maximum atomic E-state index is 5.54. The summed E-state index contributed by atoms with van der Waals surface area (Å²) in [6.07, 6.45) is 1.04. The van der Waals surface area contributed by atoms with Crippen LogP contribution in [-0.2, 0) is 6.42 Å². The fourth-order valence-electron chi connectivity index (χ4n) is 1.98. The number of pyridine rings is 1. The number of nitrogens with zero attached hydrogens (tertiary/aromatic N) is 1. The van der Waals surface area contributed by atoms with Gasteiger partial charge in [0.25, 0.3) is 0 Å². The van der Waals surface area contributed by atoms with E-state index in [1.807, 2.05) is 6.92 Å². The summed E-state index contributed by atoms with van der Waals surface area (Å²) in [5.41, 5.74) is 10.1. The second kappa shape index (κ2) is 5.15. The molecule has 0 radical (unpaired) electrons. The predicted molar refractivity (Wildman–Crippen MR) is 73.4 cm³/mol. The molecule has 0 fully saturated rings. The van der Waals surface area contributed by atoms with E-state index >= 15 is 0 Å². The van der Waals surface area contributed by atoms with Crippen molar-refractivity contribution in [3.8, 4) is 0 Å². The summed E-state index contributed by atoms with van der Waals surface area (Å²) in [6.45, 7) is 5.60. The Labute approximate surface area is 102 Å². The van der Waals surface area contributed by atoms with Crippen molar-refractivity contribution in [1.82, 2.24) is 4.98 Å². The van der Waals surface area contributed by atoms with E-state index < -0.39 is 0 Å². The zero-order valence-electron chi connectivity index (χ0n) is 10.5. The minimum atomic E-state index is 0.635. The number of fused-ring (bicyclic) bond motifs is 1. The van der Waals surface area contributed by atoms with Gasteiger partial charge in [-0.3, -0.25) is 4.98 Å². The number of aryl methyl sites for hydroxylation is 2. The van der Waals surface area contributed by atoms with Gasteiger partial charge in [0, 0.05) is 29.9 Å². The summed E-state index contributed by atoms with van der Waals surface area (Å²) in [5.74, 6) is 0. The molecule has 0 aliphatic carbocycles. The van der Waals surface area contributed by atoms with E-state index in [1.54, 1.807) is 0 Å². The lowest BCUT2D eigenvalue weighted by molar-refractivity contribution is 1.02. The van der Waals surface area contributed by atoms with Gasteiger partial charge in [0.1, 0.15) is 0 Å². The van der Waals surface area contributed by atoms with Crippen molar-refractivity contribution < 1.29 is 0 Å². The Morgan fingerprint density at radius 3 is 2.82 bits per heavy atom. The summed E-state index contributed by atoms with van der Waals surface area (Å²) in [4.78, 5) is 4.55. The average Bonchev–Trinajstić information content (AvgIpc) is 2.35. The van der Waals surface area contributed by atoms with Crippen molar-refractivity contribution in [2.75, 3.05) is 18.4 Å². The average molecular weight is 229 g/mol. The Kier molecular flexibility index (Phi) is 3.59. The first-order valence-corrected chi connectivity index (χ1v) is 6.09. The summed E-state index contributed by atoms with van der Waals surface area (Å²) >= 11 is 0. The molecule has 90 valence electrons. The van der Waals surface area contributed by atoms with Crippen LogP contribution in [0.3, 0.4) is 0 Å². The van der Waals surface area contributed by atoms with Gasteiger partial charge < -0.3 is 11.1 Å². The minimum absolute atomic E-state index is 0.635. The van der Waals surface area contributed by atoms with Crippen LogP contribution >= 0.6 is 0 Å². The third-order valence-electron chi connectivity index (χ3n) is 2.87. The second-order valence-corrected chi connectivity index (χ2v) is 4.23. The molecule has 1 heterocycles. The van der Waals surface area contributed by atoms with Gasteiger partial charge in [-0.2, -0.15) is 0 Å². The normalized spacial score (nSPS) is 10.8. The molecule has 0 amide bonds. The Hall–Kier alpha value is -1.61. The number of hydrogen-bond acceptors (Lipinski definition) is 3. The zero-order valence-corrected chi connectivity index (χ0v) is 10.5. The first kappa shape index (κ1) is 11.9. The number of rotatable bonds is 4. The van der Waals surface area contributed by atoms with Crippen molar-refractivity contribution in [3.63, 3.8) is 0 Å². The molecule has 0 unspecified atom stereocenters. The molecule has 1 aromatic heterocycles. The van der Waals surface area contributed by atoms with Gasteiger partial charge in [-0.1, -0.05) is 13.0 Å². The lowest BCUT2D eigenvalue weighted by Crippen LogP contribution is -2.13. The van der Waals surface area contributed by atoms with Crippen molar-refractivity contribution in [1.29, 1.82) is 0 Å². The monoisotopic (exact) mass is 229 g/mol. The summed E-state index contributed by atoms with van der Waals surface area (Å²) in [7, 11) is 0. The van der Waals surface area contributed by atoms with Gasteiger partial charge in [0.05, 0.1) is 5.52 Å². The molecule has 3 heteroatoms. The van der Waals surface area contributed by atoms with Gasteiger partial charge in [0.15, 0.2) is 0 Å². The largest absolute Gasteiger partial charge is 0.383 e. The summed E-state index contributed by atoms with van der Waals surface area (Å²) in [5, 5.41) is 4.55. The molecule has 0 atom stereocenters. The van der Waals surface area contributed by atoms with Crippen LogP contribution in [0.15, 0.2) is 24.3 Å². The molecule has 2 aromatic rings. The van der Waals surface area contributed by atoms with E-state index in [0.29, 0.717) is 6.54 Å². The van der Waals surface area contributed by atoms with Crippen LogP contribution in [0.2, 0.25) is 0 Å². The highest BCUT2D eigenvalue weighted by atomic mass is 14.9. The Morgan fingerprint density at radius 1 is 1.29 bits per heavy atom. The van der Waals surface area contributed by atoms with Crippen LogP contribution in [0.1, 0.15) is 18.2 Å². The number of hydrogen-bond donors (Lipinski definition) is 2. The topological polar surface area (TPSA) is 50.9 Å². The van der Waals surface area contributed by atoms with Crippen LogP contribution in [0.5, 0.6) is 0 Å². The van der Waals surface area contributed by atoms with E-state index in [2.05, 4.69) is 41.5 Å². The van der Waals surface area contributed by atoms with Crippen LogP contribution < -0.4 is 11.1 Å². The SMILES string of the molecule is CCc1ccc2nc(C)cc(NCCN)c2c1. The van der Waals surface area contributed by atoms with Gasteiger partial charge in [-0.15, -0.1) is 0 Å². The van der Waals surface area contributed by atoms with Crippen LogP contribution in [0.4, 0.5) is 5.69 Å². The molecular weight excluding hydrogens is 210 g/mol. The second-order valence-electron chi connectivity index (χ2n) is 4.23. The fourth-order valence-corrected chi connectivity index (χ4v) is 1.98. The first-order valence-electron chi connectivity index (χ1n) is 6.09. The van der Waals surface area contributed by atoms with Crippen molar-refractivity contribution in [2.24, 2.45) is 5.73 Å². The molecule has 3 N–H and O–H groups in total. The molecule has 1 aromatic carbocycles. The maximum Gasteiger partial charge on any atom is 0.0726 e. The third kappa shape index (κ3) is 2.56. The van der Waals surface area contributed by atoms with Gasteiger partial charge >= 0.3 is 0 Å². The molecule has 0 saturated carbocycles. The van der Waals surface area contributed by atoms with Gasteiger partial charge in [-0.05, 0) is 37.1 Å². The molecule has 17 heavy (non-hydrogen) atoms. The van der Waals surface area contributed by atoms with Crippen molar-refractivity contribution in [2.45, 2.75) is 20.3 Å². The third-order valence-corrected chi connectivity index (χ3v) is 2.87. The molecule has 0 bridgehead atoms. The molecular formula is C14H19N3. The van der Waals surface area contributed by atoms with E-state index in [4.69, 9.17) is 5.73 Å². The Morgan fingerprint density at radius 2 is 2.12 bits per heavy atom. The highest BCUT2D eigenvalue weighted by Crippen LogP contribution is 2.24. The molecule has 2 rings (SSSR count). The van der Waals surface area contributed by atoms with Crippen molar-refractivity contribution >= 4 is 16.6 Å². The van der Waals surface area contributed by atoms with Crippen molar-refractivity contribution in [3.05, 3.63) is 35.5 Å². The molecule has 0 spiro atoms. The molecule has 0 aliphatic rings. The number of benzene rings is 1. The molecule has 3 nitrogen and oxygen atoms in total. The Bertz CT molecular complexity index is 520. The quantitative estimate of drug-likeness (QED) is 0.846. The number of nitrogens with two attached hydrogens (primary N) is 1. The highest BCUT2D eigenvalue weighted by molar-refractivity contribution is 5.92. The standard InChI is InChI=1S/C14H19N3/c1-3-11-4-5-13-12(9-11)14(16-7-6-15)8-10(2)17-13/h4-5,8-9H,3,6-7,15H2,1-2H3,(H,16,17). The van der Waals surface area contributed by atoms with E-state index in [-0.39, 0.29) is 0 Å². The number of nitrogens with one attached hydrogen (secondary N) is 1. The molecule has 0 aliphatic heterocycles. The van der Waals surface area contributed by atoms with E-state index in [0.717, 1.165) is 29.9 Å². The van der Waals surface area contributed by atoms with Crippen LogP contribution in [0, 0.1) is 6.92 Å². The highest BCUT2D eigenvalue weighted by Gasteiger charge is 2.04. The summed E-state index contributed by atoms with van der Waals surface area (Å²) < 4.78 is 0. The van der Waals surface area contributed by atoms with E-state index in [1.165, 1.54) is 10.9 Å². The fraction of sp³-hybridized carbons (Fsp3) is 0.357. The van der Waals surface area contributed by atoms with E-state index in [9.17, 15) is 0 Å². The van der Waals surface area contributed by atoms with Gasteiger partial charge in [-0.25, -0.2) is 0 Å². The number of anilines is 1. The summed E-state index contributed by atoms with van der Waals surface area (Å²) in [6, 6.07) is 8.52. The lowest BCUT2D eigenvalue weighted by atomic mass is 10.1.